The topological polar surface area (TPSA) is 87.6 Å². The summed E-state index contributed by atoms with van der Waals surface area (Å²) in [5, 5.41) is 0. The van der Waals surface area contributed by atoms with Crippen LogP contribution in [0.2, 0.25) is 0 Å². The highest BCUT2D eigenvalue weighted by molar-refractivity contribution is 5.69. The number of nitrogens with zero attached hydrogens (tertiary/aromatic N) is 1. The fourth-order valence-electron chi connectivity index (χ4n) is 1.08. The van der Waals surface area contributed by atoms with Gasteiger partial charge in [0.05, 0.1) is 5.52 Å². The number of hydrogen-bond acceptors (Lipinski definition) is 3. The van der Waals surface area contributed by atoms with Crippen LogP contribution in [0, 0.1) is 0 Å². The van der Waals surface area contributed by atoms with Crippen LogP contribution in [0.15, 0.2) is 17.1 Å². The molecule has 0 unspecified atom stereocenters. The van der Waals surface area contributed by atoms with Crippen LogP contribution in [0.1, 0.15) is 5.56 Å². The van der Waals surface area contributed by atoms with E-state index in [9.17, 15) is 4.79 Å². The fourth-order valence-corrected chi connectivity index (χ4v) is 1.08. The van der Waals surface area contributed by atoms with Crippen LogP contribution >= 0.6 is 0 Å². The second-order valence-electron chi connectivity index (χ2n) is 2.52. The maximum absolute atomic E-state index is 10.8. The lowest BCUT2D eigenvalue weighted by Crippen LogP contribution is -1.99. The Kier molecular flexibility index (Phi) is 1.44. The van der Waals surface area contributed by atoms with Crippen molar-refractivity contribution in [1.29, 1.82) is 0 Å². The van der Waals surface area contributed by atoms with Crippen molar-refractivity contribution in [1.82, 2.24) is 15.0 Å². The first-order valence-electron chi connectivity index (χ1n) is 3.56. The van der Waals surface area contributed by atoms with Crippen LogP contribution in [0.3, 0.4) is 0 Å². The van der Waals surface area contributed by atoms with Crippen molar-refractivity contribution in [3.8, 4) is 0 Å². The minimum Gasteiger partial charge on any atom is -0.326 e. The van der Waals surface area contributed by atoms with E-state index in [1.165, 1.54) is 0 Å². The molecule has 2 rings (SSSR count). The number of H-pyrrole nitrogens is 2. The molecule has 2 aromatic heterocycles. The van der Waals surface area contributed by atoms with Crippen LogP contribution in [0.5, 0.6) is 0 Å². The summed E-state index contributed by atoms with van der Waals surface area (Å²) in [6.45, 7) is 0.427. The van der Waals surface area contributed by atoms with Gasteiger partial charge in [0.15, 0.2) is 5.65 Å². The lowest BCUT2D eigenvalue weighted by Gasteiger charge is -1.93. The second kappa shape index (κ2) is 2.46. The number of pyridine rings is 1. The fraction of sp³-hybridized carbons (Fsp3) is 0.143. The molecule has 4 N–H and O–H groups in total. The average Bonchev–Trinajstić information content (AvgIpc) is 2.43. The van der Waals surface area contributed by atoms with Gasteiger partial charge in [-0.25, -0.2) is 9.78 Å². The lowest BCUT2D eigenvalue weighted by molar-refractivity contribution is 1.06. The number of nitrogens with two attached hydrogens (primary N) is 1. The van der Waals surface area contributed by atoms with Crippen molar-refractivity contribution in [2.24, 2.45) is 5.73 Å². The largest absolute Gasteiger partial charge is 0.326 e. The molecule has 0 saturated heterocycles. The van der Waals surface area contributed by atoms with Gasteiger partial charge in [-0.3, -0.25) is 4.98 Å². The molecule has 0 fully saturated rings. The van der Waals surface area contributed by atoms with Gasteiger partial charge in [-0.2, -0.15) is 0 Å². The highest BCUT2D eigenvalue weighted by atomic mass is 16.1. The number of aromatic amines is 2. The van der Waals surface area contributed by atoms with Crippen LogP contribution in [-0.2, 0) is 6.54 Å². The van der Waals surface area contributed by atoms with Gasteiger partial charge >= 0.3 is 5.69 Å². The maximum Gasteiger partial charge on any atom is 0.325 e. The number of hydrogen-bond donors (Lipinski definition) is 3. The van der Waals surface area contributed by atoms with Gasteiger partial charge < -0.3 is 10.7 Å². The Morgan fingerprint density at radius 2 is 2.33 bits per heavy atom. The highest BCUT2D eigenvalue weighted by Gasteiger charge is 1.98. The number of nitrogens with one attached hydrogen (secondary N) is 2. The van der Waals surface area contributed by atoms with Crippen molar-refractivity contribution in [2.75, 3.05) is 0 Å². The Hall–Kier alpha value is -1.62. The monoisotopic (exact) mass is 164 g/mol. The van der Waals surface area contributed by atoms with Crippen LogP contribution in [0.4, 0.5) is 0 Å². The van der Waals surface area contributed by atoms with Crippen LogP contribution in [0.25, 0.3) is 11.2 Å². The molecule has 0 saturated carbocycles. The quantitative estimate of drug-likeness (QED) is 0.541. The van der Waals surface area contributed by atoms with Gasteiger partial charge in [0.25, 0.3) is 0 Å². The third-order valence-electron chi connectivity index (χ3n) is 1.66. The summed E-state index contributed by atoms with van der Waals surface area (Å²) >= 11 is 0. The lowest BCUT2D eigenvalue weighted by atomic mass is 10.3. The SMILES string of the molecule is NCc1cnc2[nH]c(=O)[nH]c2c1. The molecule has 0 amide bonds. The van der Waals surface area contributed by atoms with E-state index in [0.717, 1.165) is 5.56 Å². The molecule has 2 aromatic rings. The molecule has 62 valence electrons. The van der Waals surface area contributed by atoms with Gasteiger partial charge in [-0.05, 0) is 11.6 Å². The number of aromatic nitrogens is 3. The van der Waals surface area contributed by atoms with E-state index in [4.69, 9.17) is 5.73 Å². The van der Waals surface area contributed by atoms with Gasteiger partial charge in [-0.15, -0.1) is 0 Å². The minimum atomic E-state index is -0.244. The Labute approximate surface area is 67.6 Å². The Bertz CT molecular complexity index is 456. The number of imidazole rings is 1. The first kappa shape index (κ1) is 7.05. The van der Waals surface area contributed by atoms with Gasteiger partial charge in [0.1, 0.15) is 0 Å². The summed E-state index contributed by atoms with van der Waals surface area (Å²) < 4.78 is 0. The first-order chi connectivity index (χ1) is 5.79. The van der Waals surface area contributed by atoms with Gasteiger partial charge in [0, 0.05) is 12.7 Å². The summed E-state index contributed by atoms with van der Waals surface area (Å²) in [4.78, 5) is 20.0. The average molecular weight is 164 g/mol. The molecule has 0 atom stereocenters. The molecule has 5 heteroatoms. The first-order valence-corrected chi connectivity index (χ1v) is 3.56. The van der Waals surface area contributed by atoms with Crippen molar-refractivity contribution >= 4 is 11.2 Å². The maximum atomic E-state index is 10.8. The molecule has 0 aliphatic carbocycles. The molecule has 2 heterocycles. The molecule has 0 bridgehead atoms. The van der Waals surface area contributed by atoms with Gasteiger partial charge in [-0.1, -0.05) is 0 Å². The summed E-state index contributed by atoms with van der Waals surface area (Å²) in [6.07, 6.45) is 1.64. The molecule has 0 aliphatic rings. The van der Waals surface area contributed by atoms with Crippen LogP contribution in [-0.4, -0.2) is 15.0 Å². The zero-order valence-electron chi connectivity index (χ0n) is 6.29. The standard InChI is InChI=1S/C7H8N4O/c8-2-4-1-5-6(9-3-4)11-7(12)10-5/h1,3H,2,8H2,(H2,9,10,11,12). The van der Waals surface area contributed by atoms with E-state index in [2.05, 4.69) is 15.0 Å². The molecule has 0 aliphatic heterocycles. The third kappa shape index (κ3) is 0.998. The predicted molar refractivity (Wildman–Crippen MR) is 44.6 cm³/mol. The Morgan fingerprint density at radius 1 is 1.50 bits per heavy atom. The highest BCUT2D eigenvalue weighted by Crippen LogP contribution is 2.05. The zero-order valence-corrected chi connectivity index (χ0v) is 6.29. The summed E-state index contributed by atoms with van der Waals surface area (Å²) in [5.41, 5.74) is 7.33. The van der Waals surface area contributed by atoms with Crippen LogP contribution < -0.4 is 11.4 Å². The molecular formula is C7H8N4O. The normalized spacial score (nSPS) is 10.8. The molecule has 0 spiro atoms. The third-order valence-corrected chi connectivity index (χ3v) is 1.66. The molecule has 5 nitrogen and oxygen atoms in total. The number of rotatable bonds is 1. The Balaban J connectivity index is 2.74. The smallest absolute Gasteiger partial charge is 0.325 e. The minimum absolute atomic E-state index is 0.244. The molecular weight excluding hydrogens is 156 g/mol. The van der Waals surface area contributed by atoms with E-state index < -0.39 is 0 Å². The zero-order chi connectivity index (χ0) is 8.55. The van der Waals surface area contributed by atoms with Crippen molar-refractivity contribution in [3.05, 3.63) is 28.3 Å². The van der Waals surface area contributed by atoms with E-state index in [-0.39, 0.29) is 5.69 Å². The predicted octanol–water partition coefficient (Wildman–Crippen LogP) is -0.290. The van der Waals surface area contributed by atoms with E-state index in [0.29, 0.717) is 17.7 Å². The summed E-state index contributed by atoms with van der Waals surface area (Å²) in [7, 11) is 0. The summed E-state index contributed by atoms with van der Waals surface area (Å²) in [6, 6.07) is 1.81. The van der Waals surface area contributed by atoms with E-state index >= 15 is 0 Å². The van der Waals surface area contributed by atoms with E-state index in [1.807, 2.05) is 0 Å². The molecule has 0 radical (unpaired) electrons. The molecule has 12 heavy (non-hydrogen) atoms. The van der Waals surface area contributed by atoms with Gasteiger partial charge in [0.2, 0.25) is 0 Å². The number of fused-ring (bicyclic) bond motifs is 1. The van der Waals surface area contributed by atoms with Crippen molar-refractivity contribution in [3.63, 3.8) is 0 Å². The summed E-state index contributed by atoms with van der Waals surface area (Å²) in [5.74, 6) is 0. The molecule has 0 aromatic carbocycles. The van der Waals surface area contributed by atoms with Crippen molar-refractivity contribution < 1.29 is 0 Å². The van der Waals surface area contributed by atoms with Crippen molar-refractivity contribution in [2.45, 2.75) is 6.54 Å². The Morgan fingerprint density at radius 3 is 3.08 bits per heavy atom. The second-order valence-corrected chi connectivity index (χ2v) is 2.52. The van der Waals surface area contributed by atoms with E-state index in [1.54, 1.807) is 12.3 Å².